The maximum atomic E-state index is 12.4. The number of aromatic nitrogens is 1. The number of fused-ring (bicyclic) bond motifs is 1. The number of thiazole rings is 1. The number of carbonyl (C=O) groups excluding carboxylic acids is 2. The zero-order chi connectivity index (χ0) is 17.9. The Kier molecular flexibility index (Phi) is 4.32. The molecule has 0 fully saturated rings. The van der Waals surface area contributed by atoms with Crippen molar-refractivity contribution in [3.05, 3.63) is 54.6 Å². The molecular formula is C18H16N5O2S+. The molecular weight excluding hydrogens is 350 g/mol. The lowest BCUT2D eigenvalue weighted by molar-refractivity contribution is -0.490. The summed E-state index contributed by atoms with van der Waals surface area (Å²) in [5.41, 5.74) is 1.56. The molecule has 1 atom stereocenters. The summed E-state index contributed by atoms with van der Waals surface area (Å²) in [7, 11) is 0. The van der Waals surface area contributed by atoms with Crippen molar-refractivity contribution in [1.29, 1.82) is 0 Å². The third-order valence-corrected chi connectivity index (χ3v) is 4.81. The van der Waals surface area contributed by atoms with E-state index >= 15 is 0 Å². The van der Waals surface area contributed by atoms with Crippen LogP contribution in [0.15, 0.2) is 54.6 Å². The van der Waals surface area contributed by atoms with Gasteiger partial charge in [0.1, 0.15) is 0 Å². The van der Waals surface area contributed by atoms with E-state index in [2.05, 4.69) is 25.9 Å². The number of carbonyl (C=O) groups is 2. The van der Waals surface area contributed by atoms with E-state index in [1.165, 1.54) is 11.3 Å². The second-order valence-corrected chi connectivity index (χ2v) is 6.82. The van der Waals surface area contributed by atoms with Crippen LogP contribution in [0.2, 0.25) is 0 Å². The van der Waals surface area contributed by atoms with Crippen LogP contribution in [0.3, 0.4) is 0 Å². The minimum Gasteiger partial charge on any atom is -0.323 e. The van der Waals surface area contributed by atoms with E-state index in [1.807, 2.05) is 42.5 Å². The van der Waals surface area contributed by atoms with Crippen molar-refractivity contribution in [2.75, 3.05) is 10.6 Å². The summed E-state index contributed by atoms with van der Waals surface area (Å²) in [6.07, 6.45) is 0.0592. The van der Waals surface area contributed by atoms with Gasteiger partial charge < -0.3 is 5.32 Å². The van der Waals surface area contributed by atoms with E-state index in [9.17, 15) is 9.59 Å². The van der Waals surface area contributed by atoms with Gasteiger partial charge in [0.2, 0.25) is 0 Å². The van der Waals surface area contributed by atoms with Crippen LogP contribution in [0.5, 0.6) is 0 Å². The minimum atomic E-state index is -0.666. The first-order chi connectivity index (χ1) is 12.7. The molecule has 4 rings (SSSR count). The van der Waals surface area contributed by atoms with Gasteiger partial charge in [-0.25, -0.2) is 15.6 Å². The maximum Gasteiger partial charge on any atom is 0.358 e. The molecule has 0 bridgehead atoms. The Bertz CT molecular complexity index is 966. The number of hydrogen-bond donors (Lipinski definition) is 4. The quantitative estimate of drug-likeness (QED) is 0.548. The van der Waals surface area contributed by atoms with Gasteiger partial charge in [-0.3, -0.25) is 14.6 Å². The van der Waals surface area contributed by atoms with Crippen LogP contribution in [0, 0.1) is 0 Å². The van der Waals surface area contributed by atoms with Gasteiger partial charge in [-0.1, -0.05) is 41.7 Å². The van der Waals surface area contributed by atoms with Crippen LogP contribution in [0.1, 0.15) is 6.42 Å². The van der Waals surface area contributed by atoms with Gasteiger partial charge in [0.05, 0.1) is 16.6 Å². The summed E-state index contributed by atoms with van der Waals surface area (Å²) in [4.78, 5) is 31.9. The van der Waals surface area contributed by atoms with E-state index in [0.29, 0.717) is 16.8 Å². The molecule has 0 saturated heterocycles. The van der Waals surface area contributed by atoms with Crippen LogP contribution < -0.4 is 20.9 Å². The summed E-state index contributed by atoms with van der Waals surface area (Å²) in [6, 6.07) is 16.2. The second kappa shape index (κ2) is 6.93. The number of rotatable bonds is 3. The molecule has 1 aliphatic heterocycles. The number of guanidine groups is 1. The molecule has 7 nitrogen and oxygen atoms in total. The Morgan fingerprint density at radius 1 is 1.15 bits per heavy atom. The summed E-state index contributed by atoms with van der Waals surface area (Å²) < 4.78 is 1.04. The highest BCUT2D eigenvalue weighted by molar-refractivity contribution is 7.22. The zero-order valence-electron chi connectivity index (χ0n) is 13.7. The topological polar surface area (TPSA) is 97.1 Å². The summed E-state index contributed by atoms with van der Waals surface area (Å²) in [5.74, 6) is -0.149. The minimum absolute atomic E-state index is 0.0592. The maximum absolute atomic E-state index is 12.4. The van der Waals surface area contributed by atoms with E-state index in [-0.39, 0.29) is 18.2 Å². The molecule has 26 heavy (non-hydrogen) atoms. The van der Waals surface area contributed by atoms with Crippen molar-refractivity contribution >= 4 is 50.1 Å². The number of para-hydroxylation sites is 2. The monoisotopic (exact) mass is 366 g/mol. The molecule has 1 unspecified atom stereocenters. The van der Waals surface area contributed by atoms with Crippen LogP contribution in [0.25, 0.3) is 10.2 Å². The highest BCUT2D eigenvalue weighted by Crippen LogP contribution is 2.25. The molecule has 8 heteroatoms. The van der Waals surface area contributed by atoms with Crippen molar-refractivity contribution in [2.24, 2.45) is 0 Å². The number of anilines is 2. The summed E-state index contributed by atoms with van der Waals surface area (Å²) in [5, 5.41) is 9.19. The number of amides is 2. The molecule has 2 amide bonds. The average Bonchev–Trinajstić information content (AvgIpc) is 3.04. The molecule has 1 aromatic heterocycles. The highest BCUT2D eigenvalue weighted by atomic mass is 32.1. The predicted molar refractivity (Wildman–Crippen MR) is 101 cm³/mol. The number of hydrogen-bond acceptors (Lipinski definition) is 5. The molecule has 0 spiro atoms. The Hall–Kier alpha value is -3.26. The van der Waals surface area contributed by atoms with Crippen molar-refractivity contribution < 1.29 is 14.6 Å². The summed E-state index contributed by atoms with van der Waals surface area (Å²) >= 11 is 1.47. The fourth-order valence-corrected chi connectivity index (χ4v) is 3.52. The van der Waals surface area contributed by atoms with E-state index in [1.54, 1.807) is 12.1 Å². The average molecular weight is 366 g/mol. The Morgan fingerprint density at radius 2 is 1.92 bits per heavy atom. The van der Waals surface area contributed by atoms with Gasteiger partial charge in [0.15, 0.2) is 6.04 Å². The fourth-order valence-electron chi connectivity index (χ4n) is 2.65. The lowest BCUT2D eigenvalue weighted by Gasteiger charge is -2.16. The normalized spacial score (nSPS) is 16.7. The molecule has 4 N–H and O–H groups in total. The first-order valence-electron chi connectivity index (χ1n) is 8.09. The molecule has 2 heterocycles. The Balaban J connectivity index is 1.51. The van der Waals surface area contributed by atoms with Crippen molar-refractivity contribution in [3.8, 4) is 0 Å². The fraction of sp³-hybridized carbons (Fsp3) is 0.111. The lowest BCUT2D eigenvalue weighted by atomic mass is 10.1. The lowest BCUT2D eigenvalue weighted by Crippen LogP contribution is -2.89. The number of nitrogens with zero attached hydrogens (tertiary/aromatic N) is 1. The molecule has 0 aliphatic carbocycles. The molecule has 0 radical (unpaired) electrons. The molecule has 2 aromatic carbocycles. The van der Waals surface area contributed by atoms with Crippen molar-refractivity contribution in [2.45, 2.75) is 12.5 Å². The summed E-state index contributed by atoms with van der Waals surface area (Å²) in [6.45, 7) is 0. The second-order valence-electron chi connectivity index (χ2n) is 5.79. The van der Waals surface area contributed by atoms with Crippen molar-refractivity contribution in [1.82, 2.24) is 10.3 Å². The van der Waals surface area contributed by atoms with Crippen LogP contribution in [-0.4, -0.2) is 28.8 Å². The van der Waals surface area contributed by atoms with Gasteiger partial charge in [-0.15, -0.1) is 0 Å². The SMILES string of the molecule is O=C1CC(C(=O)Nc2ccccc2)[NH+]=C(Nc2nc3ccccc3s2)N1. The van der Waals surface area contributed by atoms with Crippen LogP contribution in [-0.2, 0) is 9.59 Å². The highest BCUT2D eigenvalue weighted by Gasteiger charge is 2.31. The van der Waals surface area contributed by atoms with E-state index in [4.69, 9.17) is 0 Å². The third kappa shape index (κ3) is 3.55. The first kappa shape index (κ1) is 16.2. The van der Waals surface area contributed by atoms with Gasteiger partial charge in [0, 0.05) is 5.69 Å². The smallest absolute Gasteiger partial charge is 0.323 e. The predicted octanol–water partition coefficient (Wildman–Crippen LogP) is 0.672. The molecule has 3 aromatic rings. The van der Waals surface area contributed by atoms with Crippen LogP contribution >= 0.6 is 11.3 Å². The first-order valence-corrected chi connectivity index (χ1v) is 8.91. The van der Waals surface area contributed by atoms with Gasteiger partial charge >= 0.3 is 5.96 Å². The largest absolute Gasteiger partial charge is 0.358 e. The van der Waals surface area contributed by atoms with Crippen molar-refractivity contribution in [3.63, 3.8) is 0 Å². The third-order valence-electron chi connectivity index (χ3n) is 3.86. The Labute approximate surface area is 153 Å². The molecule has 0 saturated carbocycles. The van der Waals surface area contributed by atoms with E-state index < -0.39 is 6.04 Å². The van der Waals surface area contributed by atoms with E-state index in [0.717, 1.165) is 10.2 Å². The molecule has 130 valence electrons. The number of benzene rings is 2. The zero-order valence-corrected chi connectivity index (χ0v) is 14.5. The van der Waals surface area contributed by atoms with Gasteiger partial charge in [0.25, 0.3) is 16.9 Å². The standard InChI is InChI=1S/C18H15N5O2S/c24-15-10-13(16(25)19-11-6-2-1-3-7-11)20-17(22-15)23-18-21-12-8-4-5-9-14(12)26-18/h1-9,13H,10H2,(H,19,25)(H2,20,21,22,23,24)/p+1. The van der Waals surface area contributed by atoms with Gasteiger partial charge in [-0.05, 0) is 24.3 Å². The van der Waals surface area contributed by atoms with Gasteiger partial charge in [-0.2, -0.15) is 0 Å². The molecule has 1 aliphatic rings. The Morgan fingerprint density at radius 3 is 2.73 bits per heavy atom. The van der Waals surface area contributed by atoms with Crippen LogP contribution in [0.4, 0.5) is 10.8 Å². The number of nitrogens with one attached hydrogen (secondary N) is 4.